The van der Waals surface area contributed by atoms with E-state index in [0.717, 1.165) is 42.4 Å². The van der Waals surface area contributed by atoms with Crippen LogP contribution in [-0.4, -0.2) is 44.2 Å². The van der Waals surface area contributed by atoms with Crippen molar-refractivity contribution < 1.29 is 9.47 Å². The minimum Gasteiger partial charge on any atom is -0.495 e. The zero-order valence-corrected chi connectivity index (χ0v) is 19.2. The second-order valence-electron chi connectivity index (χ2n) is 6.01. The Morgan fingerprint density at radius 2 is 1.68 bits per heavy atom. The minimum absolute atomic E-state index is 0. The number of hydrogen-bond donors (Lipinski definition) is 2. The van der Waals surface area contributed by atoms with E-state index in [1.165, 1.54) is 0 Å². The van der Waals surface area contributed by atoms with Crippen LogP contribution in [0, 0.1) is 0 Å². The van der Waals surface area contributed by atoms with Crippen molar-refractivity contribution in [3.63, 3.8) is 0 Å². The topological polar surface area (TPSA) is 72.1 Å². The van der Waals surface area contributed by atoms with Crippen LogP contribution in [0.5, 0.6) is 11.5 Å². The Hall–Kier alpha value is -2.00. The average molecular weight is 498 g/mol. The molecule has 0 aliphatic heterocycles. The fourth-order valence-corrected chi connectivity index (χ4v) is 2.70. The summed E-state index contributed by atoms with van der Waals surface area (Å²) in [5, 5.41) is 3.08. The van der Waals surface area contributed by atoms with E-state index in [9.17, 15) is 0 Å². The number of ether oxygens (including phenoxy) is 2. The van der Waals surface area contributed by atoms with E-state index in [1.807, 2.05) is 48.5 Å². The number of aliphatic imine (C=N–C) groups is 1. The molecule has 2 rings (SSSR count). The van der Waals surface area contributed by atoms with Gasteiger partial charge in [-0.25, -0.2) is 4.99 Å². The van der Waals surface area contributed by atoms with Crippen molar-refractivity contribution in [2.45, 2.75) is 20.4 Å². The third kappa shape index (κ3) is 7.55. The number of anilines is 1. The van der Waals surface area contributed by atoms with Crippen molar-refractivity contribution in [2.75, 3.05) is 38.7 Å². The number of nitrogens with zero attached hydrogens (tertiary/aromatic N) is 2. The molecule has 28 heavy (non-hydrogen) atoms. The number of guanidine groups is 1. The van der Waals surface area contributed by atoms with Gasteiger partial charge in [0.25, 0.3) is 0 Å². The van der Waals surface area contributed by atoms with Crippen molar-refractivity contribution in [1.29, 1.82) is 0 Å². The molecular weight excluding hydrogens is 467 g/mol. The lowest BCUT2D eigenvalue weighted by atomic mass is 10.2. The maximum Gasteiger partial charge on any atom is 0.193 e. The number of para-hydroxylation sites is 3. The smallest absolute Gasteiger partial charge is 0.193 e. The van der Waals surface area contributed by atoms with Gasteiger partial charge in [0.2, 0.25) is 0 Å². The van der Waals surface area contributed by atoms with E-state index >= 15 is 0 Å². The Morgan fingerprint density at radius 3 is 2.36 bits per heavy atom. The highest BCUT2D eigenvalue weighted by atomic mass is 127. The molecular formula is C21H31IN4O2. The number of hydrogen-bond acceptors (Lipinski definition) is 4. The monoisotopic (exact) mass is 498 g/mol. The van der Waals surface area contributed by atoms with Gasteiger partial charge in [-0.1, -0.05) is 44.2 Å². The molecule has 0 saturated carbocycles. The number of benzene rings is 2. The van der Waals surface area contributed by atoms with Crippen LogP contribution in [0.3, 0.4) is 0 Å². The number of halogens is 1. The van der Waals surface area contributed by atoms with Crippen molar-refractivity contribution >= 4 is 35.6 Å². The maximum atomic E-state index is 6.04. The second-order valence-corrected chi connectivity index (χ2v) is 6.01. The Bertz CT molecular complexity index is 736. The van der Waals surface area contributed by atoms with E-state index < -0.39 is 0 Å². The van der Waals surface area contributed by atoms with Gasteiger partial charge in [-0.15, -0.1) is 24.0 Å². The Kier molecular flexibility index (Phi) is 11.4. The lowest BCUT2D eigenvalue weighted by molar-refractivity contribution is 0.221. The zero-order chi connectivity index (χ0) is 19.5. The number of methoxy groups -OCH3 is 1. The predicted molar refractivity (Wildman–Crippen MR) is 127 cm³/mol. The molecule has 0 amide bonds. The van der Waals surface area contributed by atoms with Crippen LogP contribution < -0.4 is 20.5 Å². The first-order valence-electron chi connectivity index (χ1n) is 9.30. The number of rotatable bonds is 10. The summed E-state index contributed by atoms with van der Waals surface area (Å²) in [5.41, 5.74) is 7.82. The van der Waals surface area contributed by atoms with E-state index in [-0.39, 0.29) is 24.0 Å². The van der Waals surface area contributed by atoms with Gasteiger partial charge in [0, 0.05) is 12.1 Å². The first-order chi connectivity index (χ1) is 13.2. The maximum absolute atomic E-state index is 6.04. The number of nitrogens with one attached hydrogen (secondary N) is 1. The summed E-state index contributed by atoms with van der Waals surface area (Å²) in [6, 6.07) is 15.5. The molecule has 0 radical (unpaired) electrons. The van der Waals surface area contributed by atoms with Crippen LogP contribution >= 0.6 is 24.0 Å². The van der Waals surface area contributed by atoms with Gasteiger partial charge in [-0.3, -0.25) is 0 Å². The molecule has 0 fully saturated rings. The number of nitrogens with two attached hydrogens (primary N) is 1. The van der Waals surface area contributed by atoms with E-state index in [0.29, 0.717) is 19.1 Å². The highest BCUT2D eigenvalue weighted by Crippen LogP contribution is 2.23. The van der Waals surface area contributed by atoms with Crippen LogP contribution in [0.15, 0.2) is 53.5 Å². The molecule has 3 N–H and O–H groups in total. The highest BCUT2D eigenvalue weighted by Gasteiger charge is 2.06. The van der Waals surface area contributed by atoms with Crippen molar-refractivity contribution in [2.24, 2.45) is 10.7 Å². The molecule has 0 aliphatic carbocycles. The molecule has 0 atom stereocenters. The molecule has 0 saturated heterocycles. The molecule has 154 valence electrons. The summed E-state index contributed by atoms with van der Waals surface area (Å²) in [7, 11) is 1.62. The summed E-state index contributed by atoms with van der Waals surface area (Å²) >= 11 is 0. The molecule has 0 aromatic heterocycles. The molecule has 0 heterocycles. The molecule has 6 nitrogen and oxygen atoms in total. The van der Waals surface area contributed by atoms with E-state index in [4.69, 9.17) is 15.2 Å². The zero-order valence-electron chi connectivity index (χ0n) is 16.9. The highest BCUT2D eigenvalue weighted by molar-refractivity contribution is 14.0. The molecule has 7 heteroatoms. The largest absolute Gasteiger partial charge is 0.495 e. The minimum atomic E-state index is 0. The first-order valence-corrected chi connectivity index (χ1v) is 9.30. The van der Waals surface area contributed by atoms with E-state index in [1.54, 1.807) is 7.11 Å². The second kappa shape index (κ2) is 13.2. The summed E-state index contributed by atoms with van der Waals surface area (Å²) in [6.45, 7) is 8.36. The standard InChI is InChI=1S/C21H30N4O2.HI/c1-4-25(5-2)14-15-27-19-12-8-6-10-17(19)16-23-21(22)24-18-11-7-9-13-20(18)26-3;/h6-13H,4-5,14-16H2,1-3H3,(H3,22,23,24);1H. The quantitative estimate of drug-likeness (QED) is 0.295. The van der Waals surface area contributed by atoms with Gasteiger partial charge in [-0.05, 0) is 31.3 Å². The van der Waals surface area contributed by atoms with Gasteiger partial charge in [0.1, 0.15) is 18.1 Å². The Balaban J connectivity index is 0.00000392. The fraction of sp³-hybridized carbons (Fsp3) is 0.381. The summed E-state index contributed by atoms with van der Waals surface area (Å²) in [6.07, 6.45) is 0. The van der Waals surface area contributed by atoms with Crippen LogP contribution in [0.2, 0.25) is 0 Å². The van der Waals surface area contributed by atoms with Crippen LogP contribution in [0.25, 0.3) is 0 Å². The van der Waals surface area contributed by atoms with Gasteiger partial charge in [0.05, 0.1) is 19.3 Å². The van der Waals surface area contributed by atoms with Gasteiger partial charge < -0.3 is 25.4 Å². The van der Waals surface area contributed by atoms with Crippen LogP contribution in [0.1, 0.15) is 19.4 Å². The molecule has 0 bridgehead atoms. The van der Waals surface area contributed by atoms with Crippen LogP contribution in [-0.2, 0) is 6.54 Å². The van der Waals surface area contributed by atoms with Crippen molar-refractivity contribution in [1.82, 2.24) is 4.90 Å². The van der Waals surface area contributed by atoms with Crippen LogP contribution in [0.4, 0.5) is 5.69 Å². The molecule has 0 aliphatic rings. The lowest BCUT2D eigenvalue weighted by Gasteiger charge is -2.18. The molecule has 0 spiro atoms. The van der Waals surface area contributed by atoms with Gasteiger partial charge in [0.15, 0.2) is 5.96 Å². The van der Waals surface area contributed by atoms with Gasteiger partial charge in [-0.2, -0.15) is 0 Å². The summed E-state index contributed by atoms with van der Waals surface area (Å²) in [5.74, 6) is 1.90. The first kappa shape index (κ1) is 24.0. The SMILES string of the molecule is CCN(CC)CCOc1ccccc1CN=C(N)Nc1ccccc1OC.I. The van der Waals surface area contributed by atoms with Crippen molar-refractivity contribution in [3.8, 4) is 11.5 Å². The summed E-state index contributed by atoms with van der Waals surface area (Å²) in [4.78, 5) is 6.77. The Morgan fingerprint density at radius 1 is 1.04 bits per heavy atom. The normalized spacial score (nSPS) is 11.1. The molecule has 2 aromatic carbocycles. The van der Waals surface area contributed by atoms with Gasteiger partial charge >= 0.3 is 0 Å². The predicted octanol–water partition coefficient (Wildman–Crippen LogP) is 3.96. The third-order valence-electron chi connectivity index (χ3n) is 4.32. The summed E-state index contributed by atoms with van der Waals surface area (Å²) < 4.78 is 11.3. The molecule has 0 unspecified atom stereocenters. The molecule has 2 aromatic rings. The fourth-order valence-electron chi connectivity index (χ4n) is 2.70. The lowest BCUT2D eigenvalue weighted by Crippen LogP contribution is -2.28. The third-order valence-corrected chi connectivity index (χ3v) is 4.32. The van der Waals surface area contributed by atoms with E-state index in [2.05, 4.69) is 29.1 Å². The van der Waals surface area contributed by atoms with Crippen molar-refractivity contribution in [3.05, 3.63) is 54.1 Å². The average Bonchev–Trinajstić information content (AvgIpc) is 2.71. The Labute approximate surface area is 185 Å². The number of likely N-dealkylation sites (N-methyl/N-ethyl adjacent to an activating group) is 1.